The molecule has 88 valence electrons. The molecule has 0 atom stereocenters. The van der Waals surface area contributed by atoms with Gasteiger partial charge in [0, 0.05) is 19.3 Å². The second kappa shape index (κ2) is 6.95. The maximum Gasteiger partial charge on any atom is 0.208 e. The maximum absolute atomic E-state index is 5.49. The van der Waals surface area contributed by atoms with Crippen LogP contribution in [0.3, 0.4) is 0 Å². The first-order chi connectivity index (χ1) is 7.27. The van der Waals surface area contributed by atoms with E-state index < -0.39 is 0 Å². The molecule has 15 heavy (non-hydrogen) atoms. The second-order valence-electron chi connectivity index (χ2n) is 3.95. The Labute approximate surface area is 96.7 Å². The van der Waals surface area contributed by atoms with Crippen molar-refractivity contribution >= 4 is 17.7 Å². The first kappa shape index (κ1) is 12.6. The third-order valence-corrected chi connectivity index (χ3v) is 3.34. The summed E-state index contributed by atoms with van der Waals surface area (Å²) in [4.78, 5) is 6.74. The lowest BCUT2D eigenvalue weighted by atomic mass is 10.3. The molecule has 0 aromatic carbocycles. The van der Waals surface area contributed by atoms with Gasteiger partial charge >= 0.3 is 0 Å². The minimum Gasteiger partial charge on any atom is -0.344 e. The first-order valence-corrected chi connectivity index (χ1v) is 6.91. The number of nitrogens with two attached hydrogens (primary N) is 1. The van der Waals surface area contributed by atoms with Gasteiger partial charge in [-0.2, -0.15) is 11.8 Å². The molecule has 1 fully saturated rings. The monoisotopic (exact) mass is 230 g/mol. The molecule has 3 N–H and O–H groups in total. The summed E-state index contributed by atoms with van der Waals surface area (Å²) in [7, 11) is 2.03. The van der Waals surface area contributed by atoms with Gasteiger partial charge in [-0.05, 0) is 19.1 Å². The molecule has 0 heterocycles. The highest BCUT2D eigenvalue weighted by atomic mass is 32.2. The van der Waals surface area contributed by atoms with Crippen LogP contribution >= 0.6 is 11.8 Å². The van der Waals surface area contributed by atoms with Crippen LogP contribution in [0.5, 0.6) is 0 Å². The van der Waals surface area contributed by atoms with Crippen molar-refractivity contribution in [3.8, 4) is 0 Å². The van der Waals surface area contributed by atoms with E-state index in [1.165, 1.54) is 25.7 Å². The Morgan fingerprint density at radius 2 is 2.20 bits per heavy atom. The van der Waals surface area contributed by atoms with E-state index in [4.69, 9.17) is 5.84 Å². The number of hydrogen-bond donors (Lipinski definition) is 2. The molecule has 1 rings (SSSR count). The number of guanidine groups is 1. The number of rotatable bonds is 4. The molecule has 1 saturated carbocycles. The molecule has 1 aliphatic rings. The van der Waals surface area contributed by atoms with Gasteiger partial charge in [-0.25, -0.2) is 10.8 Å². The second-order valence-corrected chi connectivity index (χ2v) is 4.94. The Balaban J connectivity index is 2.44. The van der Waals surface area contributed by atoms with Crippen LogP contribution in [-0.4, -0.2) is 42.5 Å². The molecule has 0 amide bonds. The molecule has 5 heteroatoms. The van der Waals surface area contributed by atoms with Crippen LogP contribution in [0, 0.1) is 0 Å². The van der Waals surface area contributed by atoms with Gasteiger partial charge in [0.25, 0.3) is 0 Å². The van der Waals surface area contributed by atoms with Crippen molar-refractivity contribution in [1.29, 1.82) is 0 Å². The van der Waals surface area contributed by atoms with Gasteiger partial charge in [-0.3, -0.25) is 5.43 Å². The zero-order valence-corrected chi connectivity index (χ0v) is 10.5. The van der Waals surface area contributed by atoms with E-state index >= 15 is 0 Å². The van der Waals surface area contributed by atoms with Gasteiger partial charge in [0.1, 0.15) is 0 Å². The summed E-state index contributed by atoms with van der Waals surface area (Å²) < 4.78 is 0. The van der Waals surface area contributed by atoms with Gasteiger partial charge in [0.05, 0.1) is 6.04 Å². The average molecular weight is 230 g/mol. The third kappa shape index (κ3) is 4.30. The van der Waals surface area contributed by atoms with Gasteiger partial charge in [0.2, 0.25) is 5.96 Å². The Kier molecular flexibility index (Phi) is 5.86. The standard InChI is InChI=1S/C10H22N4S/c1-14(7-8-15-2)10(13-11)12-9-5-3-4-6-9/h9H,3-8,11H2,1-2H3,(H,12,13). The summed E-state index contributed by atoms with van der Waals surface area (Å²) in [5, 5.41) is 0. The fourth-order valence-electron chi connectivity index (χ4n) is 1.79. The van der Waals surface area contributed by atoms with Crippen LogP contribution in [0.25, 0.3) is 0 Å². The lowest BCUT2D eigenvalue weighted by molar-refractivity contribution is 0.505. The Hall–Kier alpha value is -0.420. The van der Waals surface area contributed by atoms with Gasteiger partial charge < -0.3 is 4.90 Å². The number of nitrogens with one attached hydrogen (secondary N) is 1. The number of thioether (sulfide) groups is 1. The Bertz CT molecular complexity index is 202. The molecule has 0 unspecified atom stereocenters. The minimum atomic E-state index is 0.479. The lowest BCUT2D eigenvalue weighted by Crippen LogP contribution is -2.44. The molecule has 0 aromatic rings. The first-order valence-electron chi connectivity index (χ1n) is 5.52. The molecule has 0 bridgehead atoms. The largest absolute Gasteiger partial charge is 0.344 e. The number of hydrazine groups is 1. The zero-order chi connectivity index (χ0) is 11.1. The highest BCUT2D eigenvalue weighted by Crippen LogP contribution is 2.20. The minimum absolute atomic E-state index is 0.479. The molecular formula is C10H22N4S. The number of nitrogens with zero attached hydrogens (tertiary/aromatic N) is 2. The van der Waals surface area contributed by atoms with E-state index in [2.05, 4.69) is 21.6 Å². The molecule has 4 nitrogen and oxygen atoms in total. The van der Waals surface area contributed by atoms with E-state index in [0.717, 1.165) is 18.3 Å². The quantitative estimate of drug-likeness (QED) is 0.328. The molecule has 0 saturated heterocycles. The molecular weight excluding hydrogens is 208 g/mol. The summed E-state index contributed by atoms with van der Waals surface area (Å²) in [5.41, 5.74) is 2.70. The Morgan fingerprint density at radius 3 is 2.73 bits per heavy atom. The molecule has 1 aliphatic carbocycles. The van der Waals surface area contributed by atoms with E-state index in [9.17, 15) is 0 Å². The predicted octanol–water partition coefficient (Wildman–Crippen LogP) is 1.04. The van der Waals surface area contributed by atoms with Crippen molar-refractivity contribution in [3.05, 3.63) is 0 Å². The highest BCUT2D eigenvalue weighted by Gasteiger charge is 2.15. The van der Waals surface area contributed by atoms with Crippen LogP contribution in [0.1, 0.15) is 25.7 Å². The summed E-state index contributed by atoms with van der Waals surface area (Å²) in [6, 6.07) is 0.479. The van der Waals surface area contributed by atoms with Crippen LogP contribution in [0.4, 0.5) is 0 Å². The smallest absolute Gasteiger partial charge is 0.208 e. The summed E-state index contributed by atoms with van der Waals surface area (Å²) >= 11 is 1.84. The maximum atomic E-state index is 5.49. The molecule has 0 radical (unpaired) electrons. The van der Waals surface area contributed by atoms with Crippen molar-refractivity contribution in [3.63, 3.8) is 0 Å². The molecule has 0 spiro atoms. The fourth-order valence-corrected chi connectivity index (χ4v) is 2.24. The van der Waals surface area contributed by atoms with Gasteiger partial charge in [-0.1, -0.05) is 12.8 Å². The predicted molar refractivity (Wildman–Crippen MR) is 68.0 cm³/mol. The van der Waals surface area contributed by atoms with Gasteiger partial charge in [-0.15, -0.1) is 0 Å². The van der Waals surface area contributed by atoms with Gasteiger partial charge in [0.15, 0.2) is 0 Å². The average Bonchev–Trinajstić information content (AvgIpc) is 2.75. The molecule has 0 aromatic heterocycles. The topological polar surface area (TPSA) is 53.6 Å². The number of aliphatic imine (C=N–C) groups is 1. The summed E-state index contributed by atoms with van der Waals surface area (Å²) in [6.45, 7) is 0.983. The highest BCUT2D eigenvalue weighted by molar-refractivity contribution is 7.98. The summed E-state index contributed by atoms with van der Waals surface area (Å²) in [6.07, 6.45) is 7.14. The van der Waals surface area contributed by atoms with Crippen LogP contribution in [0.2, 0.25) is 0 Å². The van der Waals surface area contributed by atoms with E-state index in [1.54, 1.807) is 0 Å². The summed E-state index contributed by atoms with van der Waals surface area (Å²) in [5.74, 6) is 7.42. The number of hydrogen-bond acceptors (Lipinski definition) is 3. The molecule has 0 aliphatic heterocycles. The van der Waals surface area contributed by atoms with E-state index in [-0.39, 0.29) is 0 Å². The van der Waals surface area contributed by atoms with Crippen LogP contribution in [-0.2, 0) is 0 Å². The lowest BCUT2D eigenvalue weighted by Gasteiger charge is -2.21. The fraction of sp³-hybridized carbons (Fsp3) is 0.900. The van der Waals surface area contributed by atoms with Crippen LogP contribution in [0.15, 0.2) is 4.99 Å². The van der Waals surface area contributed by atoms with Crippen molar-refractivity contribution in [2.24, 2.45) is 10.8 Å². The van der Waals surface area contributed by atoms with E-state index in [0.29, 0.717) is 6.04 Å². The third-order valence-electron chi connectivity index (χ3n) is 2.75. The zero-order valence-electron chi connectivity index (χ0n) is 9.70. The van der Waals surface area contributed by atoms with Crippen molar-refractivity contribution < 1.29 is 0 Å². The van der Waals surface area contributed by atoms with Crippen LogP contribution < -0.4 is 11.3 Å². The normalized spacial score (nSPS) is 18.2. The van der Waals surface area contributed by atoms with Crippen molar-refractivity contribution in [2.75, 3.05) is 25.6 Å². The SMILES string of the molecule is CSCCN(C)C(=NC1CCCC1)NN. The van der Waals surface area contributed by atoms with E-state index in [1.807, 2.05) is 18.8 Å². The van der Waals surface area contributed by atoms with Crippen molar-refractivity contribution in [2.45, 2.75) is 31.7 Å². The Morgan fingerprint density at radius 1 is 1.53 bits per heavy atom. The van der Waals surface area contributed by atoms with Crippen molar-refractivity contribution in [1.82, 2.24) is 10.3 Å².